The van der Waals surface area contributed by atoms with Gasteiger partial charge in [-0.1, -0.05) is 6.07 Å². The predicted molar refractivity (Wildman–Crippen MR) is 98.0 cm³/mol. The smallest absolute Gasteiger partial charge is 0.311 e. The molecule has 1 aromatic carbocycles. The number of ether oxygens (including phenoxy) is 3. The van der Waals surface area contributed by atoms with Crippen LogP contribution in [-0.2, 0) is 27.8 Å². The summed E-state index contributed by atoms with van der Waals surface area (Å²) in [6.07, 6.45) is -0.882. The molecule has 0 saturated heterocycles. The highest BCUT2D eigenvalue weighted by atomic mass is 16.6. The molecule has 0 bridgehead atoms. The first-order chi connectivity index (χ1) is 12.8. The zero-order chi connectivity index (χ0) is 19.6. The molecule has 1 aliphatic heterocycles. The lowest BCUT2D eigenvalue weighted by molar-refractivity contribution is -0.152. The van der Waals surface area contributed by atoms with E-state index < -0.39 is 18.0 Å². The average Bonchev–Trinajstić information content (AvgIpc) is 2.87. The zero-order valence-corrected chi connectivity index (χ0v) is 15.9. The van der Waals surface area contributed by atoms with E-state index in [0.29, 0.717) is 36.1 Å². The predicted octanol–water partition coefficient (Wildman–Crippen LogP) is 1.92. The molecule has 0 fully saturated rings. The van der Waals surface area contributed by atoms with E-state index >= 15 is 0 Å². The lowest BCUT2D eigenvalue weighted by atomic mass is 10.1. The fraction of sp³-hybridized carbons (Fsp3) is 0.421. The number of hydrogen-bond donors (Lipinski definition) is 1. The number of carbonyl (C=O) groups is 2. The van der Waals surface area contributed by atoms with Crippen LogP contribution in [0.15, 0.2) is 18.2 Å². The van der Waals surface area contributed by atoms with E-state index in [9.17, 15) is 9.59 Å². The maximum Gasteiger partial charge on any atom is 0.311 e. The SMILES string of the molecule is Cc1nn(C)c(C)c1NC(=O)C(C)OC(=O)Cc1ccc2c(c1)OCCO2. The van der Waals surface area contributed by atoms with Gasteiger partial charge in [-0.3, -0.25) is 14.3 Å². The molecule has 0 radical (unpaired) electrons. The van der Waals surface area contributed by atoms with Crippen LogP contribution in [0.4, 0.5) is 5.69 Å². The van der Waals surface area contributed by atoms with Gasteiger partial charge in [0.1, 0.15) is 13.2 Å². The Morgan fingerprint density at radius 2 is 1.96 bits per heavy atom. The number of aryl methyl sites for hydroxylation is 2. The number of aromatic nitrogens is 2. The molecule has 1 aromatic heterocycles. The van der Waals surface area contributed by atoms with E-state index in [1.807, 2.05) is 6.92 Å². The molecule has 1 aliphatic rings. The summed E-state index contributed by atoms with van der Waals surface area (Å²) in [6, 6.07) is 5.30. The molecule has 1 amide bonds. The second-order valence-corrected chi connectivity index (χ2v) is 6.45. The first kappa shape index (κ1) is 18.8. The summed E-state index contributed by atoms with van der Waals surface area (Å²) < 4.78 is 17.9. The van der Waals surface area contributed by atoms with Crippen molar-refractivity contribution in [1.29, 1.82) is 0 Å². The second-order valence-electron chi connectivity index (χ2n) is 6.45. The van der Waals surface area contributed by atoms with Crippen molar-refractivity contribution in [3.63, 3.8) is 0 Å². The highest BCUT2D eigenvalue weighted by molar-refractivity contribution is 5.96. The minimum Gasteiger partial charge on any atom is -0.486 e. The van der Waals surface area contributed by atoms with Gasteiger partial charge in [-0.05, 0) is 38.5 Å². The molecule has 8 nitrogen and oxygen atoms in total. The third kappa shape index (κ3) is 4.21. The van der Waals surface area contributed by atoms with E-state index in [-0.39, 0.29) is 6.42 Å². The fourth-order valence-corrected chi connectivity index (χ4v) is 2.84. The monoisotopic (exact) mass is 373 g/mol. The van der Waals surface area contributed by atoms with Gasteiger partial charge in [-0.2, -0.15) is 5.10 Å². The van der Waals surface area contributed by atoms with Crippen molar-refractivity contribution >= 4 is 17.6 Å². The Labute approximate surface area is 157 Å². The Hall–Kier alpha value is -3.03. The molecule has 0 aliphatic carbocycles. The number of carbonyl (C=O) groups excluding carboxylic acids is 2. The Balaban J connectivity index is 1.57. The molecule has 1 unspecified atom stereocenters. The van der Waals surface area contributed by atoms with Crippen LogP contribution in [0.1, 0.15) is 23.9 Å². The molecule has 2 heterocycles. The number of amides is 1. The van der Waals surface area contributed by atoms with E-state index in [1.54, 1.807) is 36.9 Å². The Bertz CT molecular complexity index is 874. The number of fused-ring (bicyclic) bond motifs is 1. The normalized spacial score (nSPS) is 13.8. The lowest BCUT2D eigenvalue weighted by Crippen LogP contribution is -2.30. The van der Waals surface area contributed by atoms with Crippen LogP contribution in [-0.4, -0.2) is 41.0 Å². The lowest BCUT2D eigenvalue weighted by Gasteiger charge is -2.19. The second kappa shape index (κ2) is 7.69. The summed E-state index contributed by atoms with van der Waals surface area (Å²) in [5.41, 5.74) is 2.90. The van der Waals surface area contributed by atoms with Crippen molar-refractivity contribution in [2.45, 2.75) is 33.3 Å². The van der Waals surface area contributed by atoms with Crippen LogP contribution < -0.4 is 14.8 Å². The van der Waals surface area contributed by atoms with Gasteiger partial charge in [0.15, 0.2) is 17.6 Å². The largest absolute Gasteiger partial charge is 0.486 e. The first-order valence-electron chi connectivity index (χ1n) is 8.74. The molecule has 144 valence electrons. The zero-order valence-electron chi connectivity index (χ0n) is 15.9. The van der Waals surface area contributed by atoms with Gasteiger partial charge in [0.25, 0.3) is 5.91 Å². The summed E-state index contributed by atoms with van der Waals surface area (Å²) >= 11 is 0. The number of nitrogens with zero attached hydrogens (tertiary/aromatic N) is 2. The molecule has 1 N–H and O–H groups in total. The molecule has 27 heavy (non-hydrogen) atoms. The van der Waals surface area contributed by atoms with Crippen LogP contribution in [0.2, 0.25) is 0 Å². The molecule has 0 saturated carbocycles. The maximum absolute atomic E-state index is 12.3. The van der Waals surface area contributed by atoms with Crippen molar-refractivity contribution in [3.8, 4) is 11.5 Å². The molecule has 1 atom stereocenters. The molecule has 0 spiro atoms. The van der Waals surface area contributed by atoms with Crippen molar-refractivity contribution in [3.05, 3.63) is 35.2 Å². The molecule has 8 heteroatoms. The van der Waals surface area contributed by atoms with Crippen molar-refractivity contribution < 1.29 is 23.8 Å². The van der Waals surface area contributed by atoms with Gasteiger partial charge < -0.3 is 19.5 Å². The average molecular weight is 373 g/mol. The topological polar surface area (TPSA) is 91.7 Å². The molecular weight excluding hydrogens is 350 g/mol. The van der Waals surface area contributed by atoms with Gasteiger partial charge in [0.2, 0.25) is 0 Å². The van der Waals surface area contributed by atoms with E-state index in [1.165, 1.54) is 6.92 Å². The third-order valence-electron chi connectivity index (χ3n) is 4.39. The summed E-state index contributed by atoms with van der Waals surface area (Å²) in [5, 5.41) is 7.02. The summed E-state index contributed by atoms with van der Waals surface area (Å²) in [6.45, 7) is 6.19. The fourth-order valence-electron chi connectivity index (χ4n) is 2.84. The van der Waals surface area contributed by atoms with Crippen LogP contribution in [0.5, 0.6) is 11.5 Å². The van der Waals surface area contributed by atoms with E-state index in [4.69, 9.17) is 14.2 Å². The van der Waals surface area contributed by atoms with Crippen molar-refractivity contribution in [1.82, 2.24) is 9.78 Å². The Kier molecular flexibility index (Phi) is 5.34. The highest BCUT2D eigenvalue weighted by Crippen LogP contribution is 2.31. The number of hydrogen-bond acceptors (Lipinski definition) is 6. The minimum atomic E-state index is -0.922. The van der Waals surface area contributed by atoms with Gasteiger partial charge in [0.05, 0.1) is 23.5 Å². The summed E-state index contributed by atoms with van der Waals surface area (Å²) in [5.74, 6) is 0.381. The first-order valence-corrected chi connectivity index (χ1v) is 8.74. The number of rotatable bonds is 5. The number of benzene rings is 1. The van der Waals surface area contributed by atoms with Gasteiger partial charge >= 0.3 is 5.97 Å². The molecular formula is C19H23N3O5. The minimum absolute atomic E-state index is 0.0409. The maximum atomic E-state index is 12.3. The quantitative estimate of drug-likeness (QED) is 0.805. The number of nitrogens with one attached hydrogen (secondary N) is 1. The van der Waals surface area contributed by atoms with Crippen LogP contribution in [0.25, 0.3) is 0 Å². The van der Waals surface area contributed by atoms with Gasteiger partial charge in [0, 0.05) is 7.05 Å². The van der Waals surface area contributed by atoms with E-state index in [0.717, 1.165) is 11.3 Å². The number of esters is 1. The molecule has 3 rings (SSSR count). The summed E-state index contributed by atoms with van der Waals surface area (Å²) in [7, 11) is 1.80. The third-order valence-corrected chi connectivity index (χ3v) is 4.39. The Morgan fingerprint density at radius 1 is 1.26 bits per heavy atom. The van der Waals surface area contributed by atoms with Crippen LogP contribution in [0, 0.1) is 13.8 Å². The van der Waals surface area contributed by atoms with Crippen molar-refractivity contribution in [2.24, 2.45) is 7.05 Å². The van der Waals surface area contributed by atoms with Gasteiger partial charge in [-0.25, -0.2) is 0 Å². The van der Waals surface area contributed by atoms with Crippen LogP contribution in [0.3, 0.4) is 0 Å². The van der Waals surface area contributed by atoms with E-state index in [2.05, 4.69) is 10.4 Å². The standard InChI is InChI=1S/C19H23N3O5/c1-11-18(12(2)22(4)21-11)20-19(24)13(3)27-17(23)10-14-5-6-15-16(9-14)26-8-7-25-15/h5-6,9,13H,7-8,10H2,1-4H3,(H,20,24). The van der Waals surface area contributed by atoms with Crippen LogP contribution >= 0.6 is 0 Å². The Morgan fingerprint density at radius 3 is 2.63 bits per heavy atom. The van der Waals surface area contributed by atoms with Crippen molar-refractivity contribution in [2.75, 3.05) is 18.5 Å². The number of anilines is 1. The summed E-state index contributed by atoms with van der Waals surface area (Å²) in [4.78, 5) is 24.5. The van der Waals surface area contributed by atoms with Gasteiger partial charge in [-0.15, -0.1) is 0 Å². The molecule has 2 aromatic rings. The highest BCUT2D eigenvalue weighted by Gasteiger charge is 2.21.